The number of hydrogen-bond donors (Lipinski definition) is 2. The predicted molar refractivity (Wildman–Crippen MR) is 93.2 cm³/mol. The van der Waals surface area contributed by atoms with Crippen LogP contribution in [0.25, 0.3) is 0 Å². The minimum atomic E-state index is -1.82. The summed E-state index contributed by atoms with van der Waals surface area (Å²) in [6.45, 7) is 4.20. The van der Waals surface area contributed by atoms with Crippen LogP contribution in [0, 0.1) is 0 Å². The molecule has 0 N–H and O–H groups in total. The van der Waals surface area contributed by atoms with Gasteiger partial charge in [0, 0.05) is 0 Å². The third-order valence-corrected chi connectivity index (χ3v) is 28.8. The second-order valence-electron chi connectivity index (χ2n) is 4.61. The third-order valence-electron chi connectivity index (χ3n) is 2.81. The standard InChI is InChI=1S/C11H24O2S4Te/c1-10(12-14)8-16-18(6-4-3-5-7-18)17-9-11(2)13-15/h10-11,14-15H,3-9H2,1-2H3. The molecule has 0 aliphatic carbocycles. The molecule has 1 saturated heterocycles. The van der Waals surface area contributed by atoms with Crippen molar-refractivity contribution in [2.45, 2.75) is 54.3 Å². The van der Waals surface area contributed by atoms with E-state index in [1.807, 2.05) is 0 Å². The van der Waals surface area contributed by atoms with E-state index in [2.05, 4.69) is 57.6 Å². The van der Waals surface area contributed by atoms with Gasteiger partial charge < -0.3 is 0 Å². The minimum absolute atomic E-state index is 0.252. The summed E-state index contributed by atoms with van der Waals surface area (Å²) in [5.41, 5.74) is 0. The van der Waals surface area contributed by atoms with E-state index < -0.39 is 15.4 Å². The van der Waals surface area contributed by atoms with E-state index in [-0.39, 0.29) is 12.2 Å². The number of thiol groups is 2. The van der Waals surface area contributed by atoms with Crippen LogP contribution in [0.4, 0.5) is 0 Å². The van der Waals surface area contributed by atoms with Gasteiger partial charge in [-0.15, -0.1) is 0 Å². The van der Waals surface area contributed by atoms with Crippen molar-refractivity contribution in [3.8, 4) is 0 Å². The van der Waals surface area contributed by atoms with Crippen molar-refractivity contribution >= 4 is 59.2 Å². The average molecular weight is 444 g/mol. The van der Waals surface area contributed by atoms with Crippen LogP contribution in [0.5, 0.6) is 0 Å². The quantitative estimate of drug-likeness (QED) is 0.324. The molecular weight excluding hydrogens is 420 g/mol. The molecule has 0 radical (unpaired) electrons. The molecule has 110 valence electrons. The Kier molecular flexibility index (Phi) is 10.0. The first kappa shape index (κ1) is 18.2. The van der Waals surface area contributed by atoms with E-state index in [0.717, 1.165) is 11.5 Å². The molecule has 0 bridgehead atoms. The van der Waals surface area contributed by atoms with Gasteiger partial charge in [0.1, 0.15) is 0 Å². The molecule has 0 saturated carbocycles. The van der Waals surface area contributed by atoms with Gasteiger partial charge in [0.05, 0.1) is 0 Å². The molecule has 0 spiro atoms. The Morgan fingerprint density at radius 2 is 1.39 bits per heavy atom. The maximum atomic E-state index is 5.09. The molecule has 1 aliphatic rings. The van der Waals surface area contributed by atoms with Crippen molar-refractivity contribution in [1.82, 2.24) is 0 Å². The SMILES string of the molecule is CC(CS[Te]1(SCC(C)OS)CCCCC1)OS. The van der Waals surface area contributed by atoms with E-state index >= 15 is 0 Å². The zero-order chi connectivity index (χ0) is 13.4. The van der Waals surface area contributed by atoms with Crippen molar-refractivity contribution < 1.29 is 8.37 Å². The van der Waals surface area contributed by atoms with Crippen molar-refractivity contribution in [3.05, 3.63) is 0 Å². The van der Waals surface area contributed by atoms with Gasteiger partial charge in [-0.2, -0.15) is 0 Å². The first-order chi connectivity index (χ1) is 8.62. The fourth-order valence-corrected chi connectivity index (χ4v) is 26.8. The van der Waals surface area contributed by atoms with Crippen molar-refractivity contribution in [1.29, 1.82) is 0 Å². The maximum absolute atomic E-state index is 5.09. The second kappa shape index (κ2) is 9.94. The second-order valence-corrected chi connectivity index (χ2v) is 26.8. The van der Waals surface area contributed by atoms with Gasteiger partial charge in [-0.25, -0.2) is 0 Å². The molecule has 0 aromatic rings. The van der Waals surface area contributed by atoms with E-state index in [1.54, 1.807) is 0 Å². The van der Waals surface area contributed by atoms with Crippen LogP contribution in [0.2, 0.25) is 8.94 Å². The van der Waals surface area contributed by atoms with Crippen LogP contribution >= 0.6 is 43.8 Å². The van der Waals surface area contributed by atoms with Crippen LogP contribution in [-0.4, -0.2) is 39.1 Å². The Morgan fingerprint density at radius 3 is 1.78 bits per heavy atom. The summed E-state index contributed by atoms with van der Waals surface area (Å²) in [7, 11) is 4.46. The van der Waals surface area contributed by atoms with E-state index in [0.29, 0.717) is 0 Å². The van der Waals surface area contributed by atoms with E-state index in [1.165, 1.54) is 28.2 Å². The van der Waals surface area contributed by atoms with Gasteiger partial charge in [0.2, 0.25) is 0 Å². The predicted octanol–water partition coefficient (Wildman–Crippen LogP) is 4.58. The summed E-state index contributed by atoms with van der Waals surface area (Å²) >= 11 is 6.01. The van der Waals surface area contributed by atoms with Crippen LogP contribution in [-0.2, 0) is 8.37 Å². The number of hydrogen-bond acceptors (Lipinski definition) is 6. The van der Waals surface area contributed by atoms with Crippen LogP contribution < -0.4 is 0 Å². The zero-order valence-electron chi connectivity index (χ0n) is 11.0. The van der Waals surface area contributed by atoms with Gasteiger partial charge in [0.15, 0.2) is 0 Å². The van der Waals surface area contributed by atoms with Crippen molar-refractivity contribution in [2.75, 3.05) is 11.5 Å². The summed E-state index contributed by atoms with van der Waals surface area (Å²) < 4.78 is 13.1. The van der Waals surface area contributed by atoms with E-state index in [9.17, 15) is 0 Å². The topological polar surface area (TPSA) is 18.5 Å². The third kappa shape index (κ3) is 6.71. The molecule has 0 amide bonds. The van der Waals surface area contributed by atoms with E-state index in [4.69, 9.17) is 8.37 Å². The first-order valence-electron chi connectivity index (χ1n) is 6.30. The van der Waals surface area contributed by atoms with Crippen LogP contribution in [0.3, 0.4) is 0 Å². The first-order valence-corrected chi connectivity index (χ1v) is 17.9. The van der Waals surface area contributed by atoms with Gasteiger partial charge in [0.25, 0.3) is 0 Å². The molecule has 1 fully saturated rings. The zero-order valence-corrected chi connectivity index (χ0v) is 16.8. The summed E-state index contributed by atoms with van der Waals surface area (Å²) in [4.78, 5) is 0. The molecule has 1 aliphatic heterocycles. The molecular formula is C11H24O2S4Te. The summed E-state index contributed by atoms with van der Waals surface area (Å²) in [6.07, 6.45) is 4.78. The molecule has 0 aromatic carbocycles. The fourth-order valence-electron chi connectivity index (χ4n) is 1.69. The van der Waals surface area contributed by atoms with Crippen molar-refractivity contribution in [2.24, 2.45) is 0 Å². The Labute approximate surface area is 132 Å². The summed E-state index contributed by atoms with van der Waals surface area (Å²) in [6, 6.07) is 0. The monoisotopic (exact) mass is 446 g/mol. The van der Waals surface area contributed by atoms with Gasteiger partial charge in [-0.3, -0.25) is 0 Å². The molecule has 18 heavy (non-hydrogen) atoms. The number of rotatable bonds is 8. The Hall–Kier alpha value is 2.11. The van der Waals surface area contributed by atoms with Gasteiger partial charge >= 0.3 is 133 Å². The molecule has 1 rings (SSSR count). The normalized spacial score (nSPS) is 24.4. The summed E-state index contributed by atoms with van der Waals surface area (Å²) in [5.74, 6) is 2.18. The Bertz CT molecular complexity index is 211. The molecule has 0 aromatic heterocycles. The molecule has 2 atom stereocenters. The van der Waals surface area contributed by atoms with Crippen LogP contribution in [0.1, 0.15) is 33.1 Å². The molecule has 2 unspecified atom stereocenters. The van der Waals surface area contributed by atoms with Crippen LogP contribution in [0.15, 0.2) is 0 Å². The Morgan fingerprint density at radius 1 is 0.944 bits per heavy atom. The summed E-state index contributed by atoms with van der Waals surface area (Å²) in [5, 5.41) is 0. The Balaban J connectivity index is 2.46. The molecule has 2 nitrogen and oxygen atoms in total. The average Bonchev–Trinajstić information content (AvgIpc) is 2.43. The van der Waals surface area contributed by atoms with Crippen molar-refractivity contribution in [3.63, 3.8) is 0 Å². The fraction of sp³-hybridized carbons (Fsp3) is 1.00. The van der Waals surface area contributed by atoms with Gasteiger partial charge in [-0.05, 0) is 0 Å². The molecule has 1 heterocycles. The van der Waals surface area contributed by atoms with Gasteiger partial charge in [-0.1, -0.05) is 0 Å². The molecule has 7 heteroatoms.